The molecule has 0 radical (unpaired) electrons. The monoisotopic (exact) mass is 307 g/mol. The van der Waals surface area contributed by atoms with Crippen LogP contribution in [0.15, 0.2) is 45.5 Å². The zero-order chi connectivity index (χ0) is 14.7. The van der Waals surface area contributed by atoms with Crippen molar-refractivity contribution in [1.82, 2.24) is 4.98 Å². The van der Waals surface area contributed by atoms with Crippen LogP contribution in [-0.4, -0.2) is 16.0 Å². The number of oxime groups is 1. The molecule has 4 nitrogen and oxygen atoms in total. The van der Waals surface area contributed by atoms with Gasteiger partial charge in [-0.15, -0.1) is 0 Å². The minimum atomic E-state index is -0.0279. The van der Waals surface area contributed by atoms with Crippen molar-refractivity contribution in [2.24, 2.45) is 10.9 Å². The van der Waals surface area contributed by atoms with E-state index in [-0.39, 0.29) is 5.84 Å². The lowest BCUT2D eigenvalue weighted by Crippen LogP contribution is -2.14. The molecule has 0 fully saturated rings. The second kappa shape index (κ2) is 6.15. The third-order valence-electron chi connectivity index (χ3n) is 2.78. The Morgan fingerprint density at radius 1 is 1.35 bits per heavy atom. The maximum absolute atomic E-state index is 8.75. The van der Waals surface area contributed by atoms with Gasteiger partial charge in [0.1, 0.15) is 5.03 Å². The highest BCUT2D eigenvalue weighted by Crippen LogP contribution is 2.35. The molecule has 1 heterocycles. The minimum absolute atomic E-state index is 0.0279. The van der Waals surface area contributed by atoms with E-state index >= 15 is 0 Å². The predicted octanol–water partition coefficient (Wildman–Crippen LogP) is 3.60. The van der Waals surface area contributed by atoms with E-state index in [0.29, 0.717) is 15.6 Å². The molecule has 2 aromatic rings. The second-order valence-corrected chi connectivity index (χ2v) is 5.74. The summed E-state index contributed by atoms with van der Waals surface area (Å²) in [7, 11) is 0. The van der Waals surface area contributed by atoms with Crippen molar-refractivity contribution in [3.63, 3.8) is 0 Å². The van der Waals surface area contributed by atoms with Crippen LogP contribution >= 0.6 is 23.4 Å². The number of amidine groups is 1. The summed E-state index contributed by atoms with van der Waals surface area (Å²) in [6.07, 6.45) is 1.59. The standard InChI is InChI=1S/C14H14ClN3OS/c1-8-3-4-11(9(2)7-8)20-14-12(15)10(5-6-17-14)13(16)18-19/h3-7,19H,1-2H3,(H2,16,18). The van der Waals surface area contributed by atoms with Crippen LogP contribution in [0.25, 0.3) is 0 Å². The molecule has 0 aliphatic heterocycles. The Bertz CT molecular complexity index is 673. The van der Waals surface area contributed by atoms with Crippen molar-refractivity contribution in [3.05, 3.63) is 52.2 Å². The molecule has 0 amide bonds. The number of halogens is 1. The Hall–Kier alpha value is -1.72. The summed E-state index contributed by atoms with van der Waals surface area (Å²) in [6, 6.07) is 7.78. The van der Waals surface area contributed by atoms with E-state index in [1.165, 1.54) is 17.3 Å². The first-order valence-corrected chi connectivity index (χ1v) is 7.10. The molecule has 2 rings (SSSR count). The lowest BCUT2D eigenvalue weighted by molar-refractivity contribution is 0.318. The molecule has 1 aromatic carbocycles. The average Bonchev–Trinajstić information content (AvgIpc) is 2.43. The predicted molar refractivity (Wildman–Crippen MR) is 81.8 cm³/mol. The summed E-state index contributed by atoms with van der Waals surface area (Å²) in [6.45, 7) is 4.09. The van der Waals surface area contributed by atoms with E-state index in [9.17, 15) is 0 Å². The molecule has 6 heteroatoms. The molecule has 0 bridgehead atoms. The fourth-order valence-electron chi connectivity index (χ4n) is 1.77. The van der Waals surface area contributed by atoms with Gasteiger partial charge in [-0.05, 0) is 31.5 Å². The molecule has 0 atom stereocenters. The Morgan fingerprint density at radius 2 is 2.10 bits per heavy atom. The quantitative estimate of drug-likeness (QED) is 0.393. The molecule has 3 N–H and O–H groups in total. The largest absolute Gasteiger partial charge is 0.409 e. The van der Waals surface area contributed by atoms with Gasteiger partial charge < -0.3 is 10.9 Å². The van der Waals surface area contributed by atoms with Gasteiger partial charge in [-0.1, -0.05) is 46.2 Å². The molecule has 0 aliphatic carbocycles. The van der Waals surface area contributed by atoms with Gasteiger partial charge in [-0.3, -0.25) is 0 Å². The van der Waals surface area contributed by atoms with E-state index in [2.05, 4.69) is 16.2 Å². The van der Waals surface area contributed by atoms with Crippen molar-refractivity contribution in [1.29, 1.82) is 0 Å². The number of hydrogen-bond acceptors (Lipinski definition) is 4. The zero-order valence-corrected chi connectivity index (χ0v) is 12.7. The first-order valence-electron chi connectivity index (χ1n) is 5.90. The second-order valence-electron chi connectivity index (χ2n) is 4.33. The maximum atomic E-state index is 8.75. The molecule has 0 unspecified atom stereocenters. The Labute approximate surface area is 126 Å². The van der Waals surface area contributed by atoms with Gasteiger partial charge in [0, 0.05) is 16.7 Å². The first-order chi connectivity index (χ1) is 9.52. The Balaban J connectivity index is 2.39. The first kappa shape index (κ1) is 14.7. The molecule has 0 aliphatic rings. The van der Waals surface area contributed by atoms with Gasteiger partial charge >= 0.3 is 0 Å². The van der Waals surface area contributed by atoms with E-state index in [1.54, 1.807) is 12.3 Å². The van der Waals surface area contributed by atoms with E-state index in [1.807, 2.05) is 26.0 Å². The highest BCUT2D eigenvalue weighted by atomic mass is 35.5. The zero-order valence-electron chi connectivity index (χ0n) is 11.1. The lowest BCUT2D eigenvalue weighted by Gasteiger charge is -2.09. The topological polar surface area (TPSA) is 71.5 Å². The molecule has 104 valence electrons. The number of nitrogens with two attached hydrogens (primary N) is 1. The molecule has 0 saturated heterocycles. The van der Waals surface area contributed by atoms with Crippen LogP contribution in [0, 0.1) is 13.8 Å². The highest BCUT2D eigenvalue weighted by molar-refractivity contribution is 7.99. The van der Waals surface area contributed by atoms with E-state index in [0.717, 1.165) is 10.5 Å². The Morgan fingerprint density at radius 3 is 2.75 bits per heavy atom. The highest BCUT2D eigenvalue weighted by Gasteiger charge is 2.13. The van der Waals surface area contributed by atoms with Crippen molar-refractivity contribution < 1.29 is 5.21 Å². The summed E-state index contributed by atoms with van der Waals surface area (Å²) >= 11 is 7.72. The van der Waals surface area contributed by atoms with Gasteiger partial charge in [0.15, 0.2) is 5.84 Å². The van der Waals surface area contributed by atoms with E-state index in [4.69, 9.17) is 22.5 Å². The van der Waals surface area contributed by atoms with Crippen LogP contribution in [0.1, 0.15) is 16.7 Å². The van der Waals surface area contributed by atoms with Gasteiger partial charge in [0.25, 0.3) is 0 Å². The summed E-state index contributed by atoms with van der Waals surface area (Å²) in [4.78, 5) is 5.32. The number of benzene rings is 1. The van der Waals surface area contributed by atoms with Gasteiger partial charge in [0.2, 0.25) is 0 Å². The minimum Gasteiger partial charge on any atom is -0.409 e. The van der Waals surface area contributed by atoms with Crippen LogP contribution < -0.4 is 5.73 Å². The lowest BCUT2D eigenvalue weighted by atomic mass is 10.2. The van der Waals surface area contributed by atoms with Crippen molar-refractivity contribution >= 4 is 29.2 Å². The van der Waals surface area contributed by atoms with Gasteiger partial charge in [0.05, 0.1) is 5.02 Å². The number of hydrogen-bond donors (Lipinski definition) is 2. The van der Waals surface area contributed by atoms with E-state index < -0.39 is 0 Å². The molecule has 20 heavy (non-hydrogen) atoms. The number of pyridine rings is 1. The van der Waals surface area contributed by atoms with Crippen molar-refractivity contribution in [2.45, 2.75) is 23.8 Å². The maximum Gasteiger partial charge on any atom is 0.171 e. The van der Waals surface area contributed by atoms with Crippen LogP contribution in [0.3, 0.4) is 0 Å². The van der Waals surface area contributed by atoms with Crippen LogP contribution in [0.2, 0.25) is 5.02 Å². The number of aromatic nitrogens is 1. The summed E-state index contributed by atoms with van der Waals surface area (Å²) < 4.78 is 0. The fraction of sp³-hybridized carbons (Fsp3) is 0.143. The molecular weight excluding hydrogens is 294 g/mol. The smallest absolute Gasteiger partial charge is 0.171 e. The van der Waals surface area contributed by atoms with Crippen molar-refractivity contribution in [3.8, 4) is 0 Å². The SMILES string of the molecule is Cc1ccc(Sc2nccc(/C(N)=N/O)c2Cl)c(C)c1. The molecule has 1 aromatic heterocycles. The summed E-state index contributed by atoms with van der Waals surface area (Å²) in [5.74, 6) is -0.0279. The third-order valence-corrected chi connectivity index (χ3v) is 4.45. The molecular formula is C14H14ClN3OS. The Kier molecular flexibility index (Phi) is 4.52. The molecule has 0 spiro atoms. The van der Waals surface area contributed by atoms with Crippen LogP contribution in [0.4, 0.5) is 0 Å². The normalized spacial score (nSPS) is 11.7. The average molecular weight is 308 g/mol. The number of nitrogens with zero attached hydrogens (tertiary/aromatic N) is 2. The summed E-state index contributed by atoms with van der Waals surface area (Å²) in [5.41, 5.74) is 8.41. The van der Waals surface area contributed by atoms with Gasteiger partial charge in [-0.25, -0.2) is 4.98 Å². The summed E-state index contributed by atoms with van der Waals surface area (Å²) in [5, 5.41) is 12.7. The third kappa shape index (κ3) is 3.05. The van der Waals surface area contributed by atoms with Gasteiger partial charge in [-0.2, -0.15) is 0 Å². The van der Waals surface area contributed by atoms with Crippen molar-refractivity contribution in [2.75, 3.05) is 0 Å². The fourth-order valence-corrected chi connectivity index (χ4v) is 2.97. The van der Waals surface area contributed by atoms with Crippen LogP contribution in [-0.2, 0) is 0 Å². The number of rotatable bonds is 3. The molecule has 0 saturated carbocycles. The van der Waals surface area contributed by atoms with Crippen LogP contribution in [0.5, 0.6) is 0 Å². The number of aryl methyl sites for hydroxylation is 2.